The molecule has 1 aromatic rings. The van der Waals surface area contributed by atoms with E-state index in [1.807, 2.05) is 0 Å². The standard InChI is InChI=1S/C14H12ClN3O4/c15-8-1-3-9(4-2-8)16-11(19)7-17-12(20)13(21)18(14(17)22)10-5-6-10/h1-4,10H,5-7H2,(H,16,19). The summed E-state index contributed by atoms with van der Waals surface area (Å²) in [4.78, 5) is 49.2. The number of anilines is 1. The van der Waals surface area contributed by atoms with E-state index in [0.29, 0.717) is 28.5 Å². The zero-order chi connectivity index (χ0) is 15.9. The van der Waals surface area contributed by atoms with Gasteiger partial charge in [-0.15, -0.1) is 0 Å². The molecule has 8 heteroatoms. The van der Waals surface area contributed by atoms with Gasteiger partial charge >= 0.3 is 17.8 Å². The van der Waals surface area contributed by atoms with Crippen LogP contribution in [0.5, 0.6) is 0 Å². The van der Waals surface area contributed by atoms with E-state index in [1.165, 1.54) is 0 Å². The molecule has 1 heterocycles. The van der Waals surface area contributed by atoms with Crippen LogP contribution in [0.3, 0.4) is 0 Å². The van der Waals surface area contributed by atoms with Crippen molar-refractivity contribution < 1.29 is 19.2 Å². The Kier molecular flexibility index (Phi) is 3.58. The van der Waals surface area contributed by atoms with Crippen LogP contribution >= 0.6 is 11.6 Å². The molecule has 0 aromatic heterocycles. The first-order chi connectivity index (χ1) is 10.5. The molecule has 0 unspecified atom stereocenters. The summed E-state index contributed by atoms with van der Waals surface area (Å²) in [6.45, 7) is -0.491. The fourth-order valence-corrected chi connectivity index (χ4v) is 2.32. The number of rotatable bonds is 4. The SMILES string of the molecule is O=C(CN1C(=O)C(=O)N(C2CC2)C1=O)Nc1ccc(Cl)cc1. The Bertz CT molecular complexity index is 669. The number of nitrogens with zero attached hydrogens (tertiary/aromatic N) is 2. The molecule has 2 aliphatic rings. The lowest BCUT2D eigenvalue weighted by Gasteiger charge is -2.14. The van der Waals surface area contributed by atoms with Gasteiger partial charge in [-0.2, -0.15) is 0 Å². The second-order valence-electron chi connectivity index (χ2n) is 5.14. The maximum absolute atomic E-state index is 12.1. The van der Waals surface area contributed by atoms with Crippen molar-refractivity contribution in [1.29, 1.82) is 0 Å². The Balaban J connectivity index is 1.66. The van der Waals surface area contributed by atoms with Crippen molar-refractivity contribution in [2.75, 3.05) is 11.9 Å². The molecule has 0 atom stereocenters. The number of urea groups is 1. The van der Waals surface area contributed by atoms with Crippen molar-refractivity contribution >= 4 is 41.0 Å². The Hall–Kier alpha value is -2.41. The summed E-state index contributed by atoms with van der Waals surface area (Å²) in [7, 11) is 0. The highest BCUT2D eigenvalue weighted by atomic mass is 35.5. The largest absolute Gasteiger partial charge is 0.334 e. The minimum Gasteiger partial charge on any atom is -0.325 e. The number of benzene rings is 1. The molecule has 2 fully saturated rings. The second kappa shape index (κ2) is 5.42. The van der Waals surface area contributed by atoms with Crippen LogP contribution in [-0.2, 0) is 14.4 Å². The van der Waals surface area contributed by atoms with Gasteiger partial charge in [-0.25, -0.2) is 9.69 Å². The third-order valence-electron chi connectivity index (χ3n) is 3.43. The minimum atomic E-state index is -0.955. The molecule has 0 spiro atoms. The van der Waals surface area contributed by atoms with E-state index in [-0.39, 0.29) is 6.04 Å². The second-order valence-corrected chi connectivity index (χ2v) is 5.57. The Morgan fingerprint density at radius 2 is 1.77 bits per heavy atom. The summed E-state index contributed by atoms with van der Waals surface area (Å²) in [5.41, 5.74) is 0.485. The van der Waals surface area contributed by atoms with Gasteiger partial charge in [0.1, 0.15) is 6.54 Å². The number of hydrogen-bond acceptors (Lipinski definition) is 4. The van der Waals surface area contributed by atoms with Crippen LogP contribution in [0.15, 0.2) is 24.3 Å². The van der Waals surface area contributed by atoms with Gasteiger partial charge in [-0.1, -0.05) is 11.6 Å². The number of amides is 5. The number of imide groups is 2. The van der Waals surface area contributed by atoms with Crippen molar-refractivity contribution in [2.24, 2.45) is 0 Å². The summed E-state index contributed by atoms with van der Waals surface area (Å²) in [5, 5.41) is 3.06. The number of halogens is 1. The smallest absolute Gasteiger partial charge is 0.325 e. The van der Waals surface area contributed by atoms with E-state index in [9.17, 15) is 19.2 Å². The Labute approximate surface area is 130 Å². The molecule has 1 aliphatic carbocycles. The first-order valence-corrected chi connectivity index (χ1v) is 7.09. The van der Waals surface area contributed by atoms with E-state index < -0.39 is 30.3 Å². The van der Waals surface area contributed by atoms with Crippen molar-refractivity contribution in [3.05, 3.63) is 29.3 Å². The van der Waals surface area contributed by atoms with Gasteiger partial charge in [-0.3, -0.25) is 19.3 Å². The van der Waals surface area contributed by atoms with Crippen molar-refractivity contribution in [3.63, 3.8) is 0 Å². The maximum Gasteiger partial charge on any atom is 0.334 e. The molecule has 1 N–H and O–H groups in total. The van der Waals surface area contributed by atoms with Gasteiger partial charge in [0.15, 0.2) is 0 Å². The van der Waals surface area contributed by atoms with Gasteiger partial charge in [0.25, 0.3) is 0 Å². The fraction of sp³-hybridized carbons (Fsp3) is 0.286. The summed E-state index contributed by atoms with van der Waals surface area (Å²) >= 11 is 5.74. The van der Waals surface area contributed by atoms with Gasteiger partial charge in [-0.05, 0) is 37.1 Å². The van der Waals surface area contributed by atoms with Crippen LogP contribution in [0.2, 0.25) is 5.02 Å². The normalized spacial score (nSPS) is 18.1. The molecule has 3 rings (SSSR count). The van der Waals surface area contributed by atoms with Crippen LogP contribution in [0.4, 0.5) is 10.5 Å². The first kappa shape index (κ1) is 14.5. The summed E-state index contributed by atoms with van der Waals surface area (Å²) < 4.78 is 0. The van der Waals surface area contributed by atoms with Crippen LogP contribution in [-0.4, -0.2) is 46.1 Å². The minimum absolute atomic E-state index is 0.201. The molecule has 5 amide bonds. The zero-order valence-electron chi connectivity index (χ0n) is 11.4. The lowest BCUT2D eigenvalue weighted by Crippen LogP contribution is -2.39. The molecular weight excluding hydrogens is 310 g/mol. The predicted molar refractivity (Wildman–Crippen MR) is 77.1 cm³/mol. The molecule has 1 saturated heterocycles. The monoisotopic (exact) mass is 321 g/mol. The summed E-state index contributed by atoms with van der Waals surface area (Å²) in [5.74, 6) is -2.37. The molecule has 1 aliphatic heterocycles. The molecule has 1 aromatic carbocycles. The van der Waals surface area contributed by atoms with Crippen LogP contribution in [0, 0.1) is 0 Å². The molecule has 0 radical (unpaired) electrons. The van der Waals surface area contributed by atoms with E-state index >= 15 is 0 Å². The zero-order valence-corrected chi connectivity index (χ0v) is 12.2. The highest BCUT2D eigenvalue weighted by molar-refractivity contribution is 6.45. The Morgan fingerprint density at radius 3 is 2.36 bits per heavy atom. The highest BCUT2D eigenvalue weighted by Crippen LogP contribution is 2.30. The van der Waals surface area contributed by atoms with E-state index in [0.717, 1.165) is 4.90 Å². The van der Waals surface area contributed by atoms with Crippen LogP contribution in [0.25, 0.3) is 0 Å². The molecule has 0 bridgehead atoms. The van der Waals surface area contributed by atoms with Gasteiger partial charge in [0.2, 0.25) is 5.91 Å². The van der Waals surface area contributed by atoms with Gasteiger partial charge in [0.05, 0.1) is 0 Å². The van der Waals surface area contributed by atoms with Crippen molar-refractivity contribution in [2.45, 2.75) is 18.9 Å². The van der Waals surface area contributed by atoms with Crippen LogP contribution in [0.1, 0.15) is 12.8 Å². The first-order valence-electron chi connectivity index (χ1n) is 6.72. The molecule has 1 saturated carbocycles. The molecule has 22 heavy (non-hydrogen) atoms. The van der Waals surface area contributed by atoms with Crippen LogP contribution < -0.4 is 5.32 Å². The number of hydrogen-bond donors (Lipinski definition) is 1. The third-order valence-corrected chi connectivity index (χ3v) is 3.68. The number of carbonyl (C=O) groups excluding carboxylic acids is 4. The average molecular weight is 322 g/mol. The van der Waals surface area contributed by atoms with E-state index in [2.05, 4.69) is 5.32 Å². The molecule has 114 valence electrons. The lowest BCUT2D eigenvalue weighted by atomic mass is 10.3. The van der Waals surface area contributed by atoms with E-state index in [1.54, 1.807) is 24.3 Å². The average Bonchev–Trinajstić information content (AvgIpc) is 3.28. The topological polar surface area (TPSA) is 86.8 Å². The maximum atomic E-state index is 12.1. The summed E-state index contributed by atoms with van der Waals surface area (Å²) in [6, 6.07) is 5.46. The molecule has 7 nitrogen and oxygen atoms in total. The highest BCUT2D eigenvalue weighted by Gasteiger charge is 2.51. The predicted octanol–water partition coefficient (Wildman–Crippen LogP) is 1.23. The quantitative estimate of drug-likeness (QED) is 0.667. The van der Waals surface area contributed by atoms with Gasteiger partial charge in [0, 0.05) is 16.8 Å². The molecular formula is C14H12ClN3O4. The van der Waals surface area contributed by atoms with Crippen molar-refractivity contribution in [3.8, 4) is 0 Å². The lowest BCUT2D eigenvalue weighted by molar-refractivity contribution is -0.143. The number of carbonyl (C=O) groups is 4. The Morgan fingerprint density at radius 1 is 1.14 bits per heavy atom. The third kappa shape index (κ3) is 2.67. The van der Waals surface area contributed by atoms with Gasteiger partial charge < -0.3 is 5.32 Å². The number of nitrogens with one attached hydrogen (secondary N) is 1. The summed E-state index contributed by atoms with van der Waals surface area (Å²) in [6.07, 6.45) is 1.41. The fourth-order valence-electron chi connectivity index (χ4n) is 2.19. The van der Waals surface area contributed by atoms with Crippen molar-refractivity contribution in [1.82, 2.24) is 9.80 Å². The van der Waals surface area contributed by atoms with E-state index in [4.69, 9.17) is 11.6 Å².